The molecular weight excluding hydrogens is 1090 g/mol. The van der Waals surface area contributed by atoms with Gasteiger partial charge in [-0.1, -0.05) is 292 Å². The van der Waals surface area contributed by atoms with Crippen LogP contribution in [0.4, 0.5) is 17.1 Å². The molecule has 430 valence electrons. The number of benzene rings is 12. The molecule has 0 bridgehead atoms. The van der Waals surface area contributed by atoms with Gasteiger partial charge in [-0.15, -0.1) is 0 Å². The fourth-order valence-electron chi connectivity index (χ4n) is 14.3. The summed E-state index contributed by atoms with van der Waals surface area (Å²) in [6.45, 7) is 19.4. The SMILES string of the molecule is [2H]c1c([2H])c([2H])c(-c2ccc3c(c2)N(c2c(-c4ccccc4)cc(C(C)(C)C)cc2-c2ccccc2)c2cc(-n4c5c([2H])c([2H])c([2H])c([2H])c5c5c([2H])c([2H])c([2H])c([2H])c54)cc4c2B3c2cc(-c3cc(C(C)(C)C)cc(C(C)(C)C)c3)ccc2C42c3ccccc3Sc3ccccc32)c([2H])c1[2H]. The van der Waals surface area contributed by atoms with E-state index in [1.807, 2.05) is 54.6 Å². The van der Waals surface area contributed by atoms with Gasteiger partial charge in [-0.2, -0.15) is 0 Å². The highest BCUT2D eigenvalue weighted by Gasteiger charge is 2.55. The second-order valence-electron chi connectivity index (χ2n) is 27.1. The minimum absolute atomic E-state index is 0.0127. The van der Waals surface area contributed by atoms with Crippen molar-refractivity contribution in [3.63, 3.8) is 0 Å². The van der Waals surface area contributed by atoms with E-state index in [1.165, 1.54) is 11.1 Å². The first-order valence-electron chi connectivity index (χ1n) is 37.1. The molecule has 13 aromatic rings. The number of anilines is 3. The van der Waals surface area contributed by atoms with Gasteiger partial charge in [-0.25, -0.2) is 0 Å². The Morgan fingerprint density at radius 2 is 0.888 bits per heavy atom. The molecule has 0 N–H and O–H groups in total. The third-order valence-corrected chi connectivity index (χ3v) is 19.8. The molecule has 0 saturated carbocycles. The Labute approximate surface area is 547 Å². The normalized spacial score (nSPS) is 15.9. The Morgan fingerprint density at radius 3 is 1.46 bits per heavy atom. The van der Waals surface area contributed by atoms with Gasteiger partial charge in [-0.3, -0.25) is 0 Å². The van der Waals surface area contributed by atoms with Crippen LogP contribution in [-0.2, 0) is 21.7 Å². The van der Waals surface area contributed by atoms with E-state index in [1.54, 1.807) is 16.3 Å². The molecule has 0 unspecified atom stereocenters. The molecule has 0 amide bonds. The van der Waals surface area contributed by atoms with Gasteiger partial charge in [0.25, 0.3) is 0 Å². The summed E-state index contributed by atoms with van der Waals surface area (Å²) >= 11 is 1.69. The van der Waals surface area contributed by atoms with Crippen molar-refractivity contribution < 1.29 is 17.8 Å². The number of para-hydroxylation sites is 2. The second-order valence-corrected chi connectivity index (χ2v) is 28.2. The lowest BCUT2D eigenvalue weighted by Crippen LogP contribution is -2.65. The van der Waals surface area contributed by atoms with E-state index in [-0.39, 0.29) is 50.3 Å². The fraction of sp³-hybridized carbons (Fsp3) is 0.153. The number of nitrogens with zero attached hydrogens (tertiary/aromatic N) is 2. The monoisotopic (exact) mass is 1180 g/mol. The van der Waals surface area contributed by atoms with E-state index in [0.29, 0.717) is 22.6 Å². The summed E-state index contributed by atoms with van der Waals surface area (Å²) in [5, 5.41) is -0.119. The summed E-state index contributed by atoms with van der Waals surface area (Å²) in [4.78, 5) is 4.27. The van der Waals surface area contributed by atoms with Gasteiger partial charge >= 0.3 is 0 Å². The molecular formula is C85H71BN2S. The van der Waals surface area contributed by atoms with Crippen LogP contribution in [0.15, 0.2) is 276 Å². The van der Waals surface area contributed by atoms with Crippen LogP contribution in [-0.4, -0.2) is 11.3 Å². The zero-order chi connectivity index (χ0) is 72.0. The maximum Gasteiger partial charge on any atom is 0.247 e. The van der Waals surface area contributed by atoms with Gasteiger partial charge in [0.05, 0.1) is 40.0 Å². The van der Waals surface area contributed by atoms with Crippen LogP contribution in [0.2, 0.25) is 0 Å². The third kappa shape index (κ3) is 8.69. The Balaban J connectivity index is 1.19. The third-order valence-electron chi connectivity index (χ3n) is 18.7. The standard InChI is InChI=1S/C85H71BN2S/c1-82(2,3)60-45-59(46-61(49-60)83(4,5)6)57-41-43-68-73(47-57)86-72-44-42-58(54-27-13-10-14-28-54)48-76(72)88(81-66(55-29-15-11-16-30-55)50-62(84(7,8)9)51-67(81)56-31-17-12-18-32-56)77-53-63(87-74-37-23-19-33-64(74)65-34-20-24-38-75(65)87)52-71(80(77)86)85(68)69-35-21-25-39-78(69)89-79-40-26-22-36-70(79)85/h10-53H,1-9H3/i10D,13D,14D,19D,20D,23D,24D,27D,28D,33D,34D,37D,38D. The maximum atomic E-state index is 10.1. The summed E-state index contributed by atoms with van der Waals surface area (Å²) in [5.41, 5.74) is 15.8. The van der Waals surface area contributed by atoms with E-state index in [0.717, 1.165) is 93.1 Å². The van der Waals surface area contributed by atoms with Gasteiger partial charge in [0.2, 0.25) is 6.71 Å². The highest BCUT2D eigenvalue weighted by Crippen LogP contribution is 2.59. The molecule has 1 aromatic heterocycles. The molecule has 89 heavy (non-hydrogen) atoms. The van der Waals surface area contributed by atoms with Gasteiger partial charge in [-0.05, 0) is 154 Å². The molecule has 0 saturated heterocycles. The molecule has 0 fully saturated rings. The van der Waals surface area contributed by atoms with Crippen molar-refractivity contribution >= 4 is 73.7 Å². The number of aromatic nitrogens is 1. The molecule has 3 aliphatic heterocycles. The highest BCUT2D eigenvalue weighted by molar-refractivity contribution is 7.99. The summed E-state index contributed by atoms with van der Waals surface area (Å²) in [6, 6.07) is 59.7. The van der Waals surface area contributed by atoms with Crippen LogP contribution in [0.5, 0.6) is 0 Å². The fourth-order valence-corrected chi connectivity index (χ4v) is 15.5. The zero-order valence-corrected chi connectivity index (χ0v) is 52.1. The molecule has 3 aliphatic rings. The van der Waals surface area contributed by atoms with Crippen LogP contribution in [0.3, 0.4) is 0 Å². The Kier molecular flexibility index (Phi) is 9.72. The first-order valence-corrected chi connectivity index (χ1v) is 31.4. The van der Waals surface area contributed by atoms with E-state index in [2.05, 4.69) is 201 Å². The predicted molar refractivity (Wildman–Crippen MR) is 380 cm³/mol. The minimum Gasteiger partial charge on any atom is -0.310 e. The Morgan fingerprint density at radius 1 is 0.382 bits per heavy atom. The van der Waals surface area contributed by atoms with Gasteiger partial charge in [0, 0.05) is 48.8 Å². The van der Waals surface area contributed by atoms with Crippen molar-refractivity contribution in [2.24, 2.45) is 0 Å². The minimum atomic E-state index is -1.22. The predicted octanol–water partition coefficient (Wildman–Crippen LogP) is 20.8. The van der Waals surface area contributed by atoms with Crippen molar-refractivity contribution in [2.45, 2.75) is 93.8 Å². The van der Waals surface area contributed by atoms with Gasteiger partial charge in [0.1, 0.15) is 0 Å². The lowest BCUT2D eigenvalue weighted by molar-refractivity contribution is 0.569. The molecule has 0 atom stereocenters. The van der Waals surface area contributed by atoms with E-state index in [9.17, 15) is 13.7 Å². The average molecular weight is 1180 g/mol. The van der Waals surface area contributed by atoms with Crippen LogP contribution in [0.25, 0.3) is 72.0 Å². The highest BCUT2D eigenvalue weighted by atomic mass is 32.2. The van der Waals surface area contributed by atoms with Crippen LogP contribution < -0.4 is 21.3 Å². The largest absolute Gasteiger partial charge is 0.310 e. The van der Waals surface area contributed by atoms with E-state index >= 15 is 0 Å². The quantitative estimate of drug-likeness (QED) is 0.153. The van der Waals surface area contributed by atoms with Crippen LogP contribution in [0.1, 0.15) is 119 Å². The first kappa shape index (κ1) is 42.5. The topological polar surface area (TPSA) is 8.17 Å². The van der Waals surface area contributed by atoms with Crippen molar-refractivity contribution in [1.29, 1.82) is 0 Å². The number of hydrogen-bond donors (Lipinski definition) is 0. The molecule has 1 spiro atoms. The number of hydrogen-bond acceptors (Lipinski definition) is 2. The summed E-state index contributed by atoms with van der Waals surface area (Å²) < 4.78 is 125. The zero-order valence-electron chi connectivity index (χ0n) is 64.3. The summed E-state index contributed by atoms with van der Waals surface area (Å²) in [5.74, 6) is 0. The smallest absolute Gasteiger partial charge is 0.247 e. The van der Waals surface area contributed by atoms with E-state index < -0.39 is 84.0 Å². The molecule has 16 rings (SSSR count). The first-order chi connectivity index (χ1) is 48.4. The van der Waals surface area contributed by atoms with Gasteiger partial charge < -0.3 is 9.47 Å². The summed E-state index contributed by atoms with van der Waals surface area (Å²) in [6.07, 6.45) is 0. The van der Waals surface area contributed by atoms with Crippen LogP contribution in [0, 0.1) is 0 Å². The summed E-state index contributed by atoms with van der Waals surface area (Å²) in [7, 11) is 0. The molecule has 4 heteroatoms. The van der Waals surface area contributed by atoms with Crippen molar-refractivity contribution in [2.75, 3.05) is 4.90 Å². The van der Waals surface area contributed by atoms with Gasteiger partial charge in [0.15, 0.2) is 0 Å². The molecule has 0 aliphatic carbocycles. The Hall–Kier alpha value is -9.35. The molecule has 12 aromatic carbocycles. The molecule has 4 heterocycles. The second kappa shape index (κ2) is 20.4. The van der Waals surface area contributed by atoms with Crippen molar-refractivity contribution in [3.8, 4) is 50.2 Å². The lowest BCUT2D eigenvalue weighted by Gasteiger charge is -2.51. The molecule has 2 nitrogen and oxygen atoms in total. The van der Waals surface area contributed by atoms with Crippen molar-refractivity contribution in [3.05, 3.63) is 306 Å². The van der Waals surface area contributed by atoms with E-state index in [4.69, 9.17) is 4.11 Å². The van der Waals surface area contributed by atoms with Crippen LogP contribution >= 0.6 is 11.8 Å². The number of fused-ring (bicyclic) bond motifs is 13. The average Bonchev–Trinajstić information content (AvgIpc) is 0.765. The Bertz CT molecular complexity index is 5560. The molecule has 0 radical (unpaired) electrons. The number of rotatable bonds is 6. The maximum absolute atomic E-state index is 10.1. The lowest BCUT2D eigenvalue weighted by atomic mass is 9.29. The van der Waals surface area contributed by atoms with Crippen molar-refractivity contribution in [1.82, 2.24) is 4.57 Å².